The van der Waals surface area contributed by atoms with Gasteiger partial charge in [0, 0.05) is 0 Å². The molecule has 0 spiro atoms. The van der Waals surface area contributed by atoms with E-state index in [0.717, 1.165) is 5.56 Å². The number of benzene rings is 1. The molecule has 4 heteroatoms. The second-order valence-corrected chi connectivity index (χ2v) is 5.11. The van der Waals surface area contributed by atoms with E-state index in [1.165, 1.54) is 0 Å². The summed E-state index contributed by atoms with van der Waals surface area (Å²) in [4.78, 5) is 0. The third kappa shape index (κ3) is 0.999. The van der Waals surface area contributed by atoms with E-state index in [0.29, 0.717) is 19.3 Å². The van der Waals surface area contributed by atoms with Gasteiger partial charge in [0.25, 0.3) is 0 Å². The predicted octanol–water partition coefficient (Wildman–Crippen LogP) is 3.71. The highest BCUT2D eigenvalue weighted by Crippen LogP contribution is 2.82. The summed E-state index contributed by atoms with van der Waals surface area (Å²) in [5.41, 5.74) is 0.963. The van der Waals surface area contributed by atoms with Gasteiger partial charge in [0.2, 0.25) is 0 Å². The van der Waals surface area contributed by atoms with Crippen molar-refractivity contribution < 1.29 is 12.9 Å². The lowest BCUT2D eigenvalue weighted by Gasteiger charge is -2.75. The van der Waals surface area contributed by atoms with Crippen LogP contribution in [0.3, 0.4) is 0 Å². The molecule has 3 aliphatic carbocycles. The highest BCUT2D eigenvalue weighted by atomic mass is 19.4. The number of rotatable bonds is 2. The SMILES string of the molecule is F[B-](F)(F)C12CC(c3ccccc3)(C1)C2. The lowest BCUT2D eigenvalue weighted by Crippen LogP contribution is -2.67. The topological polar surface area (TPSA) is 0 Å². The Bertz CT molecular complexity index is 376. The normalized spacial score (nSPS) is 38.1. The summed E-state index contributed by atoms with van der Waals surface area (Å²) in [5.74, 6) is 0. The first-order valence-corrected chi connectivity index (χ1v) is 5.23. The first-order valence-electron chi connectivity index (χ1n) is 5.23. The van der Waals surface area contributed by atoms with Gasteiger partial charge >= 0.3 is 6.98 Å². The molecule has 2 bridgehead atoms. The van der Waals surface area contributed by atoms with Crippen molar-refractivity contribution in [3.8, 4) is 0 Å². The highest BCUT2D eigenvalue weighted by molar-refractivity contribution is 6.63. The van der Waals surface area contributed by atoms with Crippen molar-refractivity contribution in [2.75, 3.05) is 0 Å². The molecule has 0 atom stereocenters. The van der Waals surface area contributed by atoms with Gasteiger partial charge in [0.05, 0.1) is 0 Å². The summed E-state index contributed by atoms with van der Waals surface area (Å²) in [6, 6.07) is 9.61. The van der Waals surface area contributed by atoms with Crippen LogP contribution in [-0.2, 0) is 5.41 Å². The second kappa shape index (κ2) is 2.42. The second-order valence-electron chi connectivity index (χ2n) is 5.11. The molecule has 0 radical (unpaired) electrons. The largest absolute Gasteiger partial charge is 0.484 e. The molecule has 1 aromatic rings. The van der Waals surface area contributed by atoms with Crippen LogP contribution in [0.2, 0.25) is 5.31 Å². The van der Waals surface area contributed by atoms with Gasteiger partial charge < -0.3 is 12.9 Å². The molecule has 3 aliphatic rings. The Morgan fingerprint density at radius 3 is 1.93 bits per heavy atom. The highest BCUT2D eigenvalue weighted by Gasteiger charge is 2.74. The number of hydrogen-bond acceptors (Lipinski definition) is 0. The Kier molecular flexibility index (Phi) is 1.50. The summed E-state index contributed by atoms with van der Waals surface area (Å²) in [6.07, 6.45) is 0.981. The van der Waals surface area contributed by atoms with Crippen molar-refractivity contribution in [3.63, 3.8) is 0 Å². The summed E-state index contributed by atoms with van der Waals surface area (Å²) in [7, 11) is 0. The third-order valence-corrected chi connectivity index (χ3v) is 4.15. The Morgan fingerprint density at radius 2 is 1.47 bits per heavy atom. The fourth-order valence-electron chi connectivity index (χ4n) is 3.31. The van der Waals surface area contributed by atoms with Crippen LogP contribution in [0.1, 0.15) is 24.8 Å². The molecule has 15 heavy (non-hydrogen) atoms. The minimum absolute atomic E-state index is 0.126. The average molecular weight is 211 g/mol. The molecule has 3 saturated carbocycles. The van der Waals surface area contributed by atoms with E-state index in [9.17, 15) is 12.9 Å². The molecule has 0 aromatic heterocycles. The van der Waals surface area contributed by atoms with Gasteiger partial charge in [-0.05, 0) is 11.0 Å². The molecular formula is C11H11BF3-. The molecule has 0 unspecified atom stereocenters. The van der Waals surface area contributed by atoms with Crippen molar-refractivity contribution in [3.05, 3.63) is 35.9 Å². The van der Waals surface area contributed by atoms with Crippen LogP contribution in [0, 0.1) is 0 Å². The van der Waals surface area contributed by atoms with Gasteiger partial charge in [-0.15, -0.1) is 0 Å². The summed E-state index contributed by atoms with van der Waals surface area (Å²) < 4.78 is 38.0. The zero-order valence-corrected chi connectivity index (χ0v) is 8.22. The Balaban J connectivity index is 1.82. The zero-order chi connectivity index (χ0) is 10.7. The van der Waals surface area contributed by atoms with Crippen LogP contribution in [-0.4, -0.2) is 6.98 Å². The van der Waals surface area contributed by atoms with Crippen LogP contribution >= 0.6 is 0 Å². The first-order chi connectivity index (χ1) is 6.98. The first kappa shape index (κ1) is 9.31. The molecule has 0 saturated heterocycles. The molecule has 4 rings (SSSR count). The Morgan fingerprint density at radius 1 is 0.933 bits per heavy atom. The van der Waals surface area contributed by atoms with Gasteiger partial charge in [-0.25, -0.2) is 0 Å². The summed E-state index contributed by atoms with van der Waals surface area (Å²) in [5, 5.41) is -1.27. The van der Waals surface area contributed by atoms with E-state index in [1.54, 1.807) is 0 Å². The monoisotopic (exact) mass is 211 g/mol. The maximum atomic E-state index is 12.7. The van der Waals surface area contributed by atoms with E-state index in [2.05, 4.69) is 0 Å². The van der Waals surface area contributed by atoms with Gasteiger partial charge in [-0.3, -0.25) is 0 Å². The molecule has 3 fully saturated rings. The molecule has 80 valence electrons. The lowest BCUT2D eigenvalue weighted by atomic mass is 9.23. The van der Waals surface area contributed by atoms with E-state index in [-0.39, 0.29) is 5.41 Å². The minimum Gasteiger partial charge on any atom is -0.449 e. The fourth-order valence-corrected chi connectivity index (χ4v) is 3.31. The molecule has 0 heterocycles. The smallest absolute Gasteiger partial charge is 0.449 e. The Hall–Kier alpha value is -0.925. The van der Waals surface area contributed by atoms with Crippen LogP contribution in [0.5, 0.6) is 0 Å². The quantitative estimate of drug-likeness (QED) is 0.654. The van der Waals surface area contributed by atoms with Gasteiger partial charge in [-0.2, -0.15) is 0 Å². The zero-order valence-electron chi connectivity index (χ0n) is 8.22. The average Bonchev–Trinajstić information content (AvgIpc) is 1.98. The predicted molar refractivity (Wildman–Crippen MR) is 53.7 cm³/mol. The molecule has 0 amide bonds. The Labute approximate surface area is 86.5 Å². The van der Waals surface area contributed by atoms with Gasteiger partial charge in [0.1, 0.15) is 0 Å². The van der Waals surface area contributed by atoms with Crippen molar-refractivity contribution >= 4 is 6.98 Å². The summed E-state index contributed by atoms with van der Waals surface area (Å²) in [6.45, 7) is -4.63. The number of hydrogen-bond donors (Lipinski definition) is 0. The number of halogens is 3. The maximum Gasteiger partial charge on any atom is 0.484 e. The van der Waals surface area contributed by atoms with Crippen molar-refractivity contribution in [2.45, 2.75) is 30.0 Å². The minimum atomic E-state index is -4.63. The molecule has 0 N–H and O–H groups in total. The third-order valence-electron chi connectivity index (χ3n) is 4.15. The maximum absolute atomic E-state index is 12.7. The van der Waals surface area contributed by atoms with Crippen LogP contribution in [0.15, 0.2) is 30.3 Å². The van der Waals surface area contributed by atoms with Crippen molar-refractivity contribution in [1.82, 2.24) is 0 Å². The fraction of sp³-hybridized carbons (Fsp3) is 0.455. The van der Waals surface area contributed by atoms with Crippen LogP contribution in [0.4, 0.5) is 12.9 Å². The molecular weight excluding hydrogens is 200 g/mol. The van der Waals surface area contributed by atoms with Crippen LogP contribution < -0.4 is 0 Å². The van der Waals surface area contributed by atoms with Gasteiger partial charge in [-0.1, -0.05) is 54.9 Å². The van der Waals surface area contributed by atoms with E-state index in [4.69, 9.17) is 0 Å². The van der Waals surface area contributed by atoms with E-state index < -0.39 is 12.3 Å². The molecule has 0 aliphatic heterocycles. The van der Waals surface area contributed by atoms with Crippen molar-refractivity contribution in [1.29, 1.82) is 0 Å². The van der Waals surface area contributed by atoms with E-state index in [1.807, 2.05) is 30.3 Å². The van der Waals surface area contributed by atoms with Crippen LogP contribution in [0.25, 0.3) is 0 Å². The van der Waals surface area contributed by atoms with E-state index >= 15 is 0 Å². The van der Waals surface area contributed by atoms with Crippen molar-refractivity contribution in [2.24, 2.45) is 0 Å². The molecule has 1 aromatic carbocycles. The standard InChI is InChI=1S/C11H11BF3/c13-12(14,15)11-6-10(7-11,8-11)9-4-2-1-3-5-9/h1-5H,6-8H2/q-1. The molecule has 0 nitrogen and oxygen atoms in total. The summed E-state index contributed by atoms with van der Waals surface area (Å²) >= 11 is 0. The van der Waals surface area contributed by atoms with Gasteiger partial charge in [0.15, 0.2) is 0 Å². The lowest BCUT2D eigenvalue weighted by molar-refractivity contribution is -0.0400.